The van der Waals surface area contributed by atoms with Gasteiger partial charge in [-0.3, -0.25) is 9.69 Å². The van der Waals surface area contributed by atoms with Crippen molar-refractivity contribution >= 4 is 33.3 Å². The SMILES string of the molecule is Cc1ccc(CN(C)CC(=O)c2cccc(Br)c2)c(Cl)c1. The summed E-state index contributed by atoms with van der Waals surface area (Å²) in [6, 6.07) is 13.4. The molecule has 110 valence electrons. The van der Waals surface area contributed by atoms with Crippen LogP contribution in [-0.4, -0.2) is 24.3 Å². The molecule has 0 saturated heterocycles. The van der Waals surface area contributed by atoms with Gasteiger partial charge in [-0.15, -0.1) is 0 Å². The molecular weight excluding hydrogens is 350 g/mol. The molecule has 0 aliphatic heterocycles. The molecule has 2 nitrogen and oxygen atoms in total. The number of aryl methyl sites for hydroxylation is 1. The van der Waals surface area contributed by atoms with Crippen LogP contribution < -0.4 is 0 Å². The Balaban J connectivity index is 2.01. The highest BCUT2D eigenvalue weighted by Gasteiger charge is 2.11. The molecule has 0 amide bonds. The first-order chi connectivity index (χ1) is 9.95. The van der Waals surface area contributed by atoms with Crippen molar-refractivity contribution in [1.82, 2.24) is 4.90 Å². The van der Waals surface area contributed by atoms with Gasteiger partial charge < -0.3 is 0 Å². The van der Waals surface area contributed by atoms with Crippen LogP contribution in [0.25, 0.3) is 0 Å². The lowest BCUT2D eigenvalue weighted by Gasteiger charge is -2.17. The maximum Gasteiger partial charge on any atom is 0.176 e. The first-order valence-electron chi connectivity index (χ1n) is 6.68. The molecule has 0 aliphatic carbocycles. The second-order valence-electron chi connectivity index (χ2n) is 5.20. The lowest BCUT2D eigenvalue weighted by atomic mass is 10.1. The number of benzene rings is 2. The summed E-state index contributed by atoms with van der Waals surface area (Å²) in [5.41, 5.74) is 2.88. The zero-order chi connectivity index (χ0) is 15.4. The van der Waals surface area contributed by atoms with E-state index in [0.29, 0.717) is 18.7 Å². The molecule has 0 radical (unpaired) electrons. The molecule has 0 heterocycles. The maximum atomic E-state index is 12.2. The van der Waals surface area contributed by atoms with Gasteiger partial charge in [0.15, 0.2) is 5.78 Å². The minimum Gasteiger partial charge on any atom is -0.295 e. The summed E-state index contributed by atoms with van der Waals surface area (Å²) in [6.45, 7) is 3.02. The van der Waals surface area contributed by atoms with Gasteiger partial charge in [-0.1, -0.05) is 51.8 Å². The van der Waals surface area contributed by atoms with Crippen LogP contribution in [-0.2, 0) is 6.54 Å². The molecule has 0 spiro atoms. The minimum atomic E-state index is 0.0991. The van der Waals surface area contributed by atoms with Crippen LogP contribution in [0, 0.1) is 6.92 Å². The molecule has 2 aromatic rings. The van der Waals surface area contributed by atoms with Crippen molar-refractivity contribution in [2.45, 2.75) is 13.5 Å². The first kappa shape index (κ1) is 16.2. The fraction of sp³-hybridized carbons (Fsp3) is 0.235. The Bertz CT molecular complexity index is 657. The van der Waals surface area contributed by atoms with E-state index in [0.717, 1.165) is 20.6 Å². The number of halogens is 2. The van der Waals surface area contributed by atoms with Crippen LogP contribution >= 0.6 is 27.5 Å². The lowest BCUT2D eigenvalue weighted by molar-refractivity contribution is 0.0943. The number of Topliss-reactive ketones (excluding diaryl/α,β-unsaturated/α-hetero) is 1. The van der Waals surface area contributed by atoms with E-state index in [1.807, 2.05) is 61.3 Å². The Morgan fingerprint density at radius 3 is 2.67 bits per heavy atom. The zero-order valence-corrected chi connectivity index (χ0v) is 14.4. The van der Waals surface area contributed by atoms with Crippen LogP contribution in [0.2, 0.25) is 5.02 Å². The van der Waals surface area contributed by atoms with Gasteiger partial charge in [0.1, 0.15) is 0 Å². The van der Waals surface area contributed by atoms with E-state index in [1.54, 1.807) is 0 Å². The lowest BCUT2D eigenvalue weighted by Crippen LogP contribution is -2.25. The molecule has 4 heteroatoms. The molecule has 2 aromatic carbocycles. The largest absolute Gasteiger partial charge is 0.295 e. The van der Waals surface area contributed by atoms with Gasteiger partial charge in [-0.05, 0) is 43.3 Å². The van der Waals surface area contributed by atoms with Crippen LogP contribution in [0.5, 0.6) is 0 Å². The Hall–Kier alpha value is -1.16. The molecule has 0 unspecified atom stereocenters. The zero-order valence-electron chi connectivity index (χ0n) is 12.1. The van der Waals surface area contributed by atoms with Crippen LogP contribution in [0.1, 0.15) is 21.5 Å². The fourth-order valence-electron chi connectivity index (χ4n) is 2.13. The number of carbonyl (C=O) groups excluding carboxylic acids is 1. The topological polar surface area (TPSA) is 20.3 Å². The predicted octanol–water partition coefficient (Wildman–Crippen LogP) is 4.73. The van der Waals surface area contributed by atoms with Gasteiger partial charge >= 0.3 is 0 Å². The number of hydrogen-bond donors (Lipinski definition) is 0. The van der Waals surface area contributed by atoms with E-state index in [4.69, 9.17) is 11.6 Å². The second-order valence-corrected chi connectivity index (χ2v) is 6.52. The molecule has 0 aliphatic rings. The van der Waals surface area contributed by atoms with Crippen LogP contribution in [0.3, 0.4) is 0 Å². The van der Waals surface area contributed by atoms with Crippen molar-refractivity contribution in [3.63, 3.8) is 0 Å². The van der Waals surface area contributed by atoms with Gasteiger partial charge in [0, 0.05) is 21.6 Å². The summed E-state index contributed by atoms with van der Waals surface area (Å²) in [5, 5.41) is 0.747. The number of rotatable bonds is 5. The highest BCUT2D eigenvalue weighted by Crippen LogP contribution is 2.19. The summed E-state index contributed by atoms with van der Waals surface area (Å²) in [6.07, 6.45) is 0. The van der Waals surface area contributed by atoms with Gasteiger partial charge in [0.2, 0.25) is 0 Å². The third-order valence-corrected chi connectivity index (χ3v) is 4.05. The third-order valence-electron chi connectivity index (χ3n) is 3.21. The number of hydrogen-bond acceptors (Lipinski definition) is 2. The molecule has 2 rings (SSSR count). The smallest absolute Gasteiger partial charge is 0.176 e. The van der Waals surface area contributed by atoms with E-state index in [2.05, 4.69) is 15.9 Å². The van der Waals surface area contributed by atoms with Crippen molar-refractivity contribution in [3.8, 4) is 0 Å². The summed E-state index contributed by atoms with van der Waals surface area (Å²) in [5.74, 6) is 0.0991. The van der Waals surface area contributed by atoms with E-state index in [1.165, 1.54) is 0 Å². The fourth-order valence-corrected chi connectivity index (χ4v) is 2.82. The van der Waals surface area contributed by atoms with Crippen molar-refractivity contribution in [2.75, 3.05) is 13.6 Å². The third kappa shape index (κ3) is 4.67. The molecule has 0 aromatic heterocycles. The number of likely N-dealkylation sites (N-methyl/N-ethyl adjacent to an activating group) is 1. The van der Waals surface area contributed by atoms with E-state index in [-0.39, 0.29) is 5.78 Å². The molecule has 0 fully saturated rings. The van der Waals surface area contributed by atoms with Crippen molar-refractivity contribution in [1.29, 1.82) is 0 Å². The molecule has 0 atom stereocenters. The maximum absolute atomic E-state index is 12.2. The van der Waals surface area contributed by atoms with E-state index >= 15 is 0 Å². The first-order valence-corrected chi connectivity index (χ1v) is 7.85. The van der Waals surface area contributed by atoms with Crippen molar-refractivity contribution in [3.05, 3.63) is 68.7 Å². The monoisotopic (exact) mass is 365 g/mol. The van der Waals surface area contributed by atoms with Crippen LogP contribution in [0.15, 0.2) is 46.9 Å². The van der Waals surface area contributed by atoms with E-state index in [9.17, 15) is 4.79 Å². The van der Waals surface area contributed by atoms with Crippen molar-refractivity contribution in [2.24, 2.45) is 0 Å². The molecule has 0 N–H and O–H groups in total. The Morgan fingerprint density at radius 2 is 2.00 bits per heavy atom. The summed E-state index contributed by atoms with van der Waals surface area (Å²) in [4.78, 5) is 14.2. The highest BCUT2D eigenvalue weighted by molar-refractivity contribution is 9.10. The number of carbonyl (C=O) groups is 1. The molecule has 0 saturated carbocycles. The standard InChI is InChI=1S/C17H17BrClNO/c1-12-6-7-14(16(19)8-12)10-20(2)11-17(21)13-4-3-5-15(18)9-13/h3-9H,10-11H2,1-2H3. The normalized spacial score (nSPS) is 10.9. The van der Waals surface area contributed by atoms with Gasteiger partial charge in [-0.2, -0.15) is 0 Å². The van der Waals surface area contributed by atoms with Gasteiger partial charge in [0.25, 0.3) is 0 Å². The molecule has 21 heavy (non-hydrogen) atoms. The molecular formula is C17H17BrClNO. The number of ketones is 1. The summed E-state index contributed by atoms with van der Waals surface area (Å²) >= 11 is 9.61. The average molecular weight is 367 g/mol. The highest BCUT2D eigenvalue weighted by atomic mass is 79.9. The van der Waals surface area contributed by atoms with Gasteiger partial charge in [-0.25, -0.2) is 0 Å². The van der Waals surface area contributed by atoms with Gasteiger partial charge in [0.05, 0.1) is 6.54 Å². The van der Waals surface area contributed by atoms with E-state index < -0.39 is 0 Å². The second kappa shape index (κ2) is 7.21. The summed E-state index contributed by atoms with van der Waals surface area (Å²) < 4.78 is 0.914. The van der Waals surface area contributed by atoms with Crippen LogP contribution in [0.4, 0.5) is 0 Å². The summed E-state index contributed by atoms with van der Waals surface area (Å²) in [7, 11) is 1.92. The Labute approximate surface area is 138 Å². The Morgan fingerprint density at radius 1 is 1.24 bits per heavy atom. The predicted molar refractivity (Wildman–Crippen MR) is 91.0 cm³/mol. The Kier molecular flexibility index (Phi) is 5.57. The van der Waals surface area contributed by atoms with Crippen molar-refractivity contribution < 1.29 is 4.79 Å². The minimum absolute atomic E-state index is 0.0991. The molecule has 0 bridgehead atoms. The average Bonchev–Trinajstić information content (AvgIpc) is 2.42. The quantitative estimate of drug-likeness (QED) is 0.713. The number of nitrogens with zero attached hydrogens (tertiary/aromatic N) is 1.